The van der Waals surface area contributed by atoms with Gasteiger partial charge in [0.05, 0.1) is 4.90 Å². The van der Waals surface area contributed by atoms with E-state index in [1.165, 1.54) is 6.07 Å². The fraction of sp³-hybridized carbons (Fsp3) is 0.0400. The highest BCUT2D eigenvalue weighted by Crippen LogP contribution is 2.56. The third kappa shape index (κ3) is 3.37. The van der Waals surface area contributed by atoms with E-state index >= 15 is 0 Å². The summed E-state index contributed by atoms with van der Waals surface area (Å²) in [5, 5.41) is 3.23. The smallest absolute Gasteiger partial charge is 0.231 e. The summed E-state index contributed by atoms with van der Waals surface area (Å²) < 4.78 is 48.4. The standard InChI is InChI=1S/C25H19O5PS/c26-32(27,28)25-14-8-7-13-24(25)31(19-9-3-1-4-10-19,20-11-5-2-6-12-20)21-15-16-22-23(17-21)30-18-29-22/h1-17H,18H2. The van der Waals surface area contributed by atoms with Gasteiger partial charge < -0.3 is 14.0 Å². The predicted octanol–water partition coefficient (Wildman–Crippen LogP) is 2.94. The summed E-state index contributed by atoms with van der Waals surface area (Å²) in [6, 6.07) is 31.7. The molecule has 5 nitrogen and oxygen atoms in total. The maximum atomic E-state index is 12.4. The summed E-state index contributed by atoms with van der Waals surface area (Å²) in [6.45, 7) is 0.131. The van der Waals surface area contributed by atoms with Crippen LogP contribution in [0.4, 0.5) is 0 Å². The van der Waals surface area contributed by atoms with Crippen LogP contribution in [0, 0.1) is 0 Å². The minimum Gasteiger partial charge on any atom is -0.744 e. The van der Waals surface area contributed by atoms with Crippen molar-refractivity contribution < 1.29 is 22.4 Å². The number of hydrogen-bond acceptors (Lipinski definition) is 5. The van der Waals surface area contributed by atoms with Crippen molar-refractivity contribution in [1.82, 2.24) is 0 Å². The first-order valence-corrected chi connectivity index (χ1v) is 13.2. The van der Waals surface area contributed by atoms with Crippen molar-refractivity contribution in [2.24, 2.45) is 0 Å². The summed E-state index contributed by atoms with van der Waals surface area (Å²) in [5.41, 5.74) is 0. The molecule has 0 atom stereocenters. The van der Waals surface area contributed by atoms with Crippen LogP contribution in [0.2, 0.25) is 0 Å². The van der Waals surface area contributed by atoms with Crippen molar-refractivity contribution in [3.05, 3.63) is 103 Å². The van der Waals surface area contributed by atoms with E-state index < -0.39 is 17.4 Å². The Labute approximate surface area is 187 Å². The molecule has 1 aliphatic rings. The molecule has 0 spiro atoms. The second-order valence-corrected chi connectivity index (χ2v) is 12.0. The molecule has 0 aromatic heterocycles. The molecular formula is C25H19O5PS. The molecule has 0 amide bonds. The van der Waals surface area contributed by atoms with Crippen LogP contribution in [-0.4, -0.2) is 19.8 Å². The Morgan fingerprint density at radius 1 is 0.656 bits per heavy atom. The van der Waals surface area contributed by atoms with Crippen molar-refractivity contribution in [3.8, 4) is 11.5 Å². The van der Waals surface area contributed by atoms with Crippen LogP contribution in [0.5, 0.6) is 11.5 Å². The highest BCUT2D eigenvalue weighted by molar-refractivity contribution is 8.02. The first-order valence-electron chi connectivity index (χ1n) is 9.97. The van der Waals surface area contributed by atoms with E-state index in [1.54, 1.807) is 18.2 Å². The van der Waals surface area contributed by atoms with Crippen LogP contribution in [0.15, 0.2) is 108 Å². The Bertz CT molecular complexity index is 1330. The fourth-order valence-electron chi connectivity index (χ4n) is 4.21. The van der Waals surface area contributed by atoms with Gasteiger partial charge in [-0.15, -0.1) is 0 Å². The molecule has 1 heterocycles. The number of rotatable bonds is 5. The predicted molar refractivity (Wildman–Crippen MR) is 125 cm³/mol. The number of hydrogen-bond donors (Lipinski definition) is 0. The van der Waals surface area contributed by atoms with Crippen LogP contribution in [0.25, 0.3) is 0 Å². The zero-order valence-electron chi connectivity index (χ0n) is 16.9. The van der Waals surface area contributed by atoms with E-state index in [0.717, 1.165) is 15.9 Å². The Kier molecular flexibility index (Phi) is 5.22. The first kappa shape index (κ1) is 20.7. The average molecular weight is 462 g/mol. The van der Waals surface area contributed by atoms with Crippen molar-refractivity contribution in [2.75, 3.05) is 6.79 Å². The van der Waals surface area contributed by atoms with Gasteiger partial charge in [0.25, 0.3) is 0 Å². The minimum atomic E-state index is -4.73. The second-order valence-electron chi connectivity index (χ2n) is 7.30. The molecule has 7 heteroatoms. The van der Waals surface area contributed by atoms with Crippen LogP contribution in [-0.2, 0) is 10.1 Å². The number of benzene rings is 4. The second kappa shape index (κ2) is 8.06. The number of ether oxygens (including phenoxy) is 2. The highest BCUT2D eigenvalue weighted by atomic mass is 32.2. The molecule has 0 aliphatic carbocycles. The third-order valence-corrected chi connectivity index (χ3v) is 10.9. The molecule has 0 N–H and O–H groups in total. The normalized spacial score (nSPS) is 13.2. The van der Waals surface area contributed by atoms with Gasteiger partial charge in [-0.1, -0.05) is 48.5 Å². The zero-order valence-corrected chi connectivity index (χ0v) is 18.6. The molecule has 0 fully saturated rings. The van der Waals surface area contributed by atoms with Crippen LogP contribution < -0.4 is 30.7 Å². The van der Waals surface area contributed by atoms with E-state index in [1.807, 2.05) is 78.9 Å². The van der Waals surface area contributed by atoms with Crippen LogP contribution in [0.3, 0.4) is 0 Å². The largest absolute Gasteiger partial charge is 0.744 e. The molecule has 4 aromatic carbocycles. The Hall–Kier alpha value is -3.18. The van der Waals surface area contributed by atoms with Gasteiger partial charge in [-0.05, 0) is 48.5 Å². The molecular weight excluding hydrogens is 443 g/mol. The molecule has 0 saturated heterocycles. The van der Waals surface area contributed by atoms with Gasteiger partial charge in [0.15, 0.2) is 11.5 Å². The third-order valence-electron chi connectivity index (χ3n) is 5.53. The van der Waals surface area contributed by atoms with Crippen molar-refractivity contribution in [2.45, 2.75) is 4.90 Å². The lowest BCUT2D eigenvalue weighted by molar-refractivity contribution is 0.174. The van der Waals surface area contributed by atoms with Gasteiger partial charge in [-0.2, -0.15) is 0 Å². The Morgan fingerprint density at radius 3 is 1.84 bits per heavy atom. The monoisotopic (exact) mass is 462 g/mol. The van der Waals surface area contributed by atoms with Crippen molar-refractivity contribution in [3.63, 3.8) is 0 Å². The van der Waals surface area contributed by atoms with Gasteiger partial charge in [-0.3, -0.25) is 0 Å². The molecule has 4 aromatic rings. The molecule has 32 heavy (non-hydrogen) atoms. The van der Waals surface area contributed by atoms with Crippen molar-refractivity contribution in [1.29, 1.82) is 0 Å². The summed E-state index contributed by atoms with van der Waals surface area (Å²) in [4.78, 5) is -0.210. The van der Waals surface area contributed by atoms with Gasteiger partial charge in [0.1, 0.15) is 38.6 Å². The van der Waals surface area contributed by atoms with E-state index in [2.05, 4.69) is 0 Å². The molecule has 0 saturated carbocycles. The van der Waals surface area contributed by atoms with Gasteiger partial charge in [0, 0.05) is 6.07 Å². The van der Waals surface area contributed by atoms with E-state index in [4.69, 9.17) is 9.47 Å². The highest BCUT2D eigenvalue weighted by Gasteiger charge is 2.50. The van der Waals surface area contributed by atoms with Gasteiger partial charge in [0.2, 0.25) is 6.79 Å². The molecule has 0 bridgehead atoms. The maximum absolute atomic E-state index is 12.4. The molecule has 160 valence electrons. The summed E-state index contributed by atoms with van der Waals surface area (Å²) in [5.74, 6) is 1.24. The van der Waals surface area contributed by atoms with Crippen LogP contribution >= 0.6 is 7.26 Å². The lowest BCUT2D eigenvalue weighted by Gasteiger charge is -2.29. The topological polar surface area (TPSA) is 75.7 Å². The Morgan fingerprint density at radius 2 is 1.22 bits per heavy atom. The molecule has 0 radical (unpaired) electrons. The van der Waals surface area contributed by atoms with E-state index in [0.29, 0.717) is 16.8 Å². The number of fused-ring (bicyclic) bond motifs is 1. The zero-order chi connectivity index (χ0) is 22.2. The first-order chi connectivity index (χ1) is 15.5. The lowest BCUT2D eigenvalue weighted by atomic mass is 10.3. The Balaban J connectivity index is 1.96. The minimum absolute atomic E-state index is 0.131. The molecule has 1 aliphatic heterocycles. The van der Waals surface area contributed by atoms with E-state index in [9.17, 15) is 13.0 Å². The van der Waals surface area contributed by atoms with Crippen molar-refractivity contribution >= 4 is 38.6 Å². The maximum Gasteiger partial charge on any atom is 0.231 e. The fourth-order valence-corrected chi connectivity index (χ4v) is 9.81. The van der Waals surface area contributed by atoms with E-state index in [-0.39, 0.29) is 11.7 Å². The van der Waals surface area contributed by atoms with Crippen LogP contribution in [0.1, 0.15) is 0 Å². The summed E-state index contributed by atoms with van der Waals surface area (Å²) in [7, 11) is -7.52. The van der Waals surface area contributed by atoms with Gasteiger partial charge in [-0.25, -0.2) is 8.42 Å². The quantitative estimate of drug-likeness (QED) is 0.337. The average Bonchev–Trinajstić information content (AvgIpc) is 3.29. The SMILES string of the molecule is O=S(=O)([O-])c1ccccc1[P+](c1ccccc1)(c1ccccc1)c1ccc2c(c1)OCO2. The molecule has 0 unspecified atom stereocenters. The lowest BCUT2D eigenvalue weighted by Crippen LogP contribution is -2.40. The van der Waals surface area contributed by atoms with Gasteiger partial charge >= 0.3 is 0 Å². The summed E-state index contributed by atoms with van der Waals surface area (Å²) in [6.07, 6.45) is 0. The molecule has 5 rings (SSSR count). The summed E-state index contributed by atoms with van der Waals surface area (Å²) >= 11 is 0.